The minimum Gasteiger partial charge on any atom is -0.479 e. The molecule has 1 fully saturated rings. The zero-order valence-electron chi connectivity index (χ0n) is 30.8. The lowest BCUT2D eigenvalue weighted by atomic mass is 9.98. The number of carbonyl (C=O) groups is 2. The van der Waals surface area contributed by atoms with Crippen LogP contribution in [0, 0.1) is 6.92 Å². The first-order valence-corrected chi connectivity index (χ1v) is 16.6. The molecule has 51 heavy (non-hydrogen) atoms. The molecule has 0 radical (unpaired) electrons. The fourth-order valence-electron chi connectivity index (χ4n) is 6.58. The van der Waals surface area contributed by atoms with Crippen LogP contribution in [-0.2, 0) is 34.2 Å². The van der Waals surface area contributed by atoms with Gasteiger partial charge in [-0.15, -0.1) is 0 Å². The Hall–Kier alpha value is -5.40. The number of nitrogens with zero attached hydrogens (tertiary/aromatic N) is 4. The molecule has 0 saturated carbocycles. The van der Waals surface area contributed by atoms with Crippen LogP contribution in [0.25, 0.3) is 44.6 Å². The van der Waals surface area contributed by atoms with Gasteiger partial charge >= 0.3 is 11.9 Å². The van der Waals surface area contributed by atoms with Gasteiger partial charge in [0.1, 0.15) is 30.0 Å². The summed E-state index contributed by atoms with van der Waals surface area (Å²) in [5.41, 5.74) is 6.49. The van der Waals surface area contributed by atoms with Crippen LogP contribution in [0.5, 0.6) is 0 Å². The van der Waals surface area contributed by atoms with Gasteiger partial charge in [0.05, 0.1) is 27.6 Å². The maximum absolute atomic E-state index is 13.4. The predicted octanol–water partition coefficient (Wildman–Crippen LogP) is 4.62. The summed E-state index contributed by atoms with van der Waals surface area (Å²) in [7, 11) is 0. The lowest BCUT2D eigenvalue weighted by molar-refractivity contribution is -0.278. The van der Waals surface area contributed by atoms with E-state index in [1.54, 1.807) is 36.4 Å². The van der Waals surface area contributed by atoms with Crippen molar-refractivity contribution in [3.63, 3.8) is 0 Å². The highest BCUT2D eigenvalue weighted by Crippen LogP contribution is 2.32. The Labute approximate surface area is 297 Å². The number of esters is 1. The molecule has 0 amide bonds. The van der Waals surface area contributed by atoms with Gasteiger partial charge in [0.25, 0.3) is 0 Å². The number of para-hydroxylation sites is 2. The third-order valence-corrected chi connectivity index (χ3v) is 9.20. The molecule has 0 spiro atoms. The van der Waals surface area contributed by atoms with Crippen molar-refractivity contribution in [1.82, 2.24) is 19.1 Å². The molecule has 1 saturated heterocycles. The largest absolute Gasteiger partial charge is 0.479 e. The highest BCUT2D eigenvalue weighted by molar-refractivity contribution is 5.97. The van der Waals surface area contributed by atoms with Gasteiger partial charge in [-0.1, -0.05) is 61.5 Å². The van der Waals surface area contributed by atoms with Crippen molar-refractivity contribution in [3.8, 4) is 22.5 Å². The number of hydrogen-bond donors (Lipinski definition) is 4. The van der Waals surface area contributed by atoms with E-state index in [0.29, 0.717) is 46.5 Å². The van der Waals surface area contributed by atoms with E-state index < -0.39 is 49.6 Å². The number of aliphatic carboxylic acids is 1. The van der Waals surface area contributed by atoms with Crippen LogP contribution in [0.4, 0.5) is 0 Å². The molecule has 4 N–H and O–H groups in total. The zero-order chi connectivity index (χ0) is 38.5. The van der Waals surface area contributed by atoms with Crippen LogP contribution in [0.3, 0.4) is 0 Å². The molecule has 0 bridgehead atoms. The molecule has 4 aromatic carbocycles. The first-order chi connectivity index (χ1) is 25.8. The molecule has 12 heteroatoms. The summed E-state index contributed by atoms with van der Waals surface area (Å²) in [6.07, 6.45) is -7.91. The SMILES string of the molecule is [2H]C([2H])([2H])n1c(-c2cc(C)c3nc(CCC)n(Cc4ccc(-c5ccccc5C(=O)O[C@@H]5OC(C(=O)O)[C@@H](O)[C@@H](O)C5O)cc4)c3c2)nc2ccccc21. The van der Waals surface area contributed by atoms with Crippen molar-refractivity contribution in [2.75, 3.05) is 0 Å². The van der Waals surface area contributed by atoms with Crippen molar-refractivity contribution in [2.45, 2.75) is 63.9 Å². The first-order valence-electron chi connectivity index (χ1n) is 18.1. The number of imidazole rings is 2. The second-order valence-corrected chi connectivity index (χ2v) is 12.7. The van der Waals surface area contributed by atoms with Gasteiger partial charge in [-0.2, -0.15) is 0 Å². The van der Waals surface area contributed by atoms with Crippen LogP contribution in [0.15, 0.2) is 84.9 Å². The first kappa shape index (κ1) is 30.4. The number of aryl methyl sites for hydroxylation is 3. The Morgan fingerprint density at radius 1 is 0.902 bits per heavy atom. The molecule has 6 aromatic rings. The number of fused-ring (bicyclic) bond motifs is 2. The molecule has 12 nitrogen and oxygen atoms in total. The number of carboxylic acid groups (broad SMARTS) is 1. The van der Waals surface area contributed by atoms with Crippen molar-refractivity contribution in [1.29, 1.82) is 0 Å². The summed E-state index contributed by atoms with van der Waals surface area (Å²) in [5, 5.41) is 39.9. The summed E-state index contributed by atoms with van der Waals surface area (Å²) in [4.78, 5) is 34.6. The molecule has 7 rings (SSSR count). The standard InChI is InChI=1S/C39H38N4O8/c1-4-9-30-41-31-21(2)18-24(36-40-27-12-7-8-13-28(27)42(36)3)19-29(31)43(30)20-22-14-16-23(17-15-22)25-10-5-6-11-26(25)38(49)51-39-34(46)32(44)33(45)35(50-39)37(47)48/h5-8,10-19,32-35,39,44-46H,4,9,20H2,1-3H3,(H,47,48)/t32-,33+,34?,35?,39+/m1/s1/i3D3. The van der Waals surface area contributed by atoms with Gasteiger partial charge in [-0.25, -0.2) is 19.6 Å². The minimum atomic E-state index is -2.46. The van der Waals surface area contributed by atoms with Gasteiger partial charge in [-0.3, -0.25) is 0 Å². The normalized spacial score (nSPS) is 21.7. The summed E-state index contributed by atoms with van der Waals surface area (Å²) < 4.78 is 38.8. The second kappa shape index (κ2) is 13.7. The summed E-state index contributed by atoms with van der Waals surface area (Å²) in [5.74, 6) is -1.30. The fraction of sp³-hybridized carbons (Fsp3) is 0.282. The molecule has 1 aliphatic rings. The number of aliphatic hydroxyl groups is 3. The average molecular weight is 694 g/mol. The van der Waals surface area contributed by atoms with Crippen LogP contribution in [-0.4, -0.2) is 82.2 Å². The van der Waals surface area contributed by atoms with Gasteiger partial charge in [-0.05, 0) is 65.9 Å². The van der Waals surface area contributed by atoms with Gasteiger partial charge in [0.15, 0.2) is 6.10 Å². The maximum Gasteiger partial charge on any atom is 0.341 e. The number of hydrogen-bond acceptors (Lipinski definition) is 9. The number of rotatable bonds is 9. The lowest BCUT2D eigenvalue weighted by Gasteiger charge is -2.38. The highest BCUT2D eigenvalue weighted by Gasteiger charge is 2.48. The molecule has 3 heterocycles. The third kappa shape index (κ3) is 6.27. The number of ether oxygens (including phenoxy) is 2. The van der Waals surface area contributed by atoms with Crippen LogP contribution < -0.4 is 0 Å². The summed E-state index contributed by atoms with van der Waals surface area (Å²) >= 11 is 0. The van der Waals surface area contributed by atoms with Crippen LogP contribution >= 0.6 is 0 Å². The molecule has 0 aliphatic carbocycles. The van der Waals surface area contributed by atoms with E-state index in [9.17, 15) is 30.0 Å². The lowest BCUT2D eigenvalue weighted by Crippen LogP contribution is -2.60. The smallest absolute Gasteiger partial charge is 0.341 e. The van der Waals surface area contributed by atoms with E-state index in [0.717, 1.165) is 34.4 Å². The Kier molecular flexibility index (Phi) is 8.19. The molecule has 2 unspecified atom stereocenters. The van der Waals surface area contributed by atoms with Crippen molar-refractivity contribution in [3.05, 3.63) is 107 Å². The summed E-state index contributed by atoms with van der Waals surface area (Å²) in [6, 6.07) is 25.2. The van der Waals surface area contributed by atoms with E-state index >= 15 is 0 Å². The monoisotopic (exact) mass is 693 g/mol. The Balaban J connectivity index is 1.20. The van der Waals surface area contributed by atoms with Crippen molar-refractivity contribution < 1.29 is 43.6 Å². The Bertz CT molecular complexity index is 2370. The summed E-state index contributed by atoms with van der Waals surface area (Å²) in [6.45, 7) is 2.02. The molecular weight excluding hydrogens is 652 g/mol. The van der Waals surface area contributed by atoms with Gasteiger partial charge in [0.2, 0.25) is 6.29 Å². The molecule has 1 aliphatic heterocycles. The number of carbonyl (C=O) groups excluding carboxylic acids is 1. The quantitative estimate of drug-likeness (QED) is 0.157. The van der Waals surface area contributed by atoms with Crippen molar-refractivity contribution >= 4 is 34.0 Å². The molecular formula is C39H38N4O8. The predicted molar refractivity (Wildman–Crippen MR) is 189 cm³/mol. The second-order valence-electron chi connectivity index (χ2n) is 12.7. The van der Waals surface area contributed by atoms with E-state index in [2.05, 4.69) is 11.5 Å². The Morgan fingerprint density at radius 3 is 2.39 bits per heavy atom. The van der Waals surface area contributed by atoms with Crippen molar-refractivity contribution in [2.24, 2.45) is 6.98 Å². The van der Waals surface area contributed by atoms with Gasteiger partial charge < -0.3 is 39.0 Å². The number of aliphatic hydroxyl groups excluding tert-OH is 3. The Morgan fingerprint density at radius 2 is 1.65 bits per heavy atom. The highest BCUT2D eigenvalue weighted by atomic mass is 16.7. The maximum atomic E-state index is 13.4. The topological polar surface area (TPSA) is 169 Å². The number of aromatic nitrogens is 4. The van der Waals surface area contributed by atoms with Crippen LogP contribution in [0.2, 0.25) is 0 Å². The van der Waals surface area contributed by atoms with E-state index in [4.69, 9.17) is 23.6 Å². The van der Waals surface area contributed by atoms with E-state index in [1.165, 1.54) is 10.6 Å². The van der Waals surface area contributed by atoms with Gasteiger partial charge in [0, 0.05) is 29.6 Å². The zero-order valence-corrected chi connectivity index (χ0v) is 27.8. The third-order valence-electron chi connectivity index (χ3n) is 9.20. The van der Waals surface area contributed by atoms with Crippen LogP contribution in [0.1, 0.15) is 44.8 Å². The average Bonchev–Trinajstić information content (AvgIpc) is 3.71. The molecule has 2 aromatic heterocycles. The number of carboxylic acids is 1. The minimum absolute atomic E-state index is 0.102. The fourth-order valence-corrected chi connectivity index (χ4v) is 6.58. The van der Waals surface area contributed by atoms with E-state index in [-0.39, 0.29) is 5.56 Å². The molecule has 262 valence electrons. The number of benzene rings is 4. The molecule has 5 atom stereocenters. The van der Waals surface area contributed by atoms with E-state index in [1.807, 2.05) is 49.4 Å².